The van der Waals surface area contributed by atoms with E-state index in [0.29, 0.717) is 42.1 Å². The van der Waals surface area contributed by atoms with Crippen molar-refractivity contribution in [2.75, 3.05) is 33.4 Å². The van der Waals surface area contributed by atoms with Gasteiger partial charge in [0.2, 0.25) is 11.8 Å². The monoisotopic (exact) mass is 525 g/mol. The number of benzene rings is 2. The molecule has 1 aliphatic rings. The molecule has 10 heteroatoms. The molecule has 196 valence electrons. The largest absolute Gasteiger partial charge is 0.490 e. The molecule has 0 spiro atoms. The summed E-state index contributed by atoms with van der Waals surface area (Å²) in [5.74, 6) is 1.69. The van der Waals surface area contributed by atoms with Crippen LogP contribution in [0.25, 0.3) is 0 Å². The van der Waals surface area contributed by atoms with Gasteiger partial charge in [0.05, 0.1) is 19.6 Å². The number of amides is 2. The van der Waals surface area contributed by atoms with Gasteiger partial charge < -0.3 is 19.3 Å². The van der Waals surface area contributed by atoms with Crippen LogP contribution in [-0.4, -0.2) is 75.3 Å². The number of aromatic nitrogens is 3. The molecule has 1 saturated heterocycles. The second-order valence-corrected chi connectivity index (χ2v) is 9.80. The maximum atomic E-state index is 13.3. The number of halogens is 1. The minimum Gasteiger partial charge on any atom is -0.490 e. The molecular formula is C27H32ClN5O4. The van der Waals surface area contributed by atoms with E-state index in [9.17, 15) is 9.59 Å². The standard InChI is InChI=1S/C27H32ClN5O4/c1-20-29-21(2)33(30-20)17-26(35)32-13-14-37-27(18-32,19-36-24-11-9-23(28)10-12-24)15-25(34)31(3)16-22-7-5-4-6-8-22/h4-12H,13-19H2,1-3H3/t27-/m0/s1. The van der Waals surface area contributed by atoms with Crippen molar-refractivity contribution in [3.8, 4) is 5.75 Å². The average Bonchev–Trinajstić information content (AvgIpc) is 3.20. The first-order valence-corrected chi connectivity index (χ1v) is 12.6. The van der Waals surface area contributed by atoms with Crippen LogP contribution < -0.4 is 4.74 Å². The zero-order valence-electron chi connectivity index (χ0n) is 21.4. The molecule has 0 N–H and O–H groups in total. The molecule has 4 rings (SSSR count). The Hall–Kier alpha value is -3.43. The molecule has 1 atom stereocenters. The van der Waals surface area contributed by atoms with E-state index >= 15 is 0 Å². The third-order valence-electron chi connectivity index (χ3n) is 6.33. The zero-order chi connectivity index (χ0) is 26.4. The van der Waals surface area contributed by atoms with Crippen molar-refractivity contribution in [2.24, 2.45) is 0 Å². The molecule has 1 aromatic heterocycles. The molecule has 0 radical (unpaired) electrons. The van der Waals surface area contributed by atoms with Gasteiger partial charge in [-0.15, -0.1) is 0 Å². The molecule has 2 aromatic carbocycles. The molecule has 1 fully saturated rings. The number of morpholine rings is 1. The highest BCUT2D eigenvalue weighted by Crippen LogP contribution is 2.26. The summed E-state index contributed by atoms with van der Waals surface area (Å²) in [4.78, 5) is 34.2. The van der Waals surface area contributed by atoms with Gasteiger partial charge in [-0.2, -0.15) is 5.10 Å². The summed E-state index contributed by atoms with van der Waals surface area (Å²) in [7, 11) is 1.77. The van der Waals surface area contributed by atoms with Crippen LogP contribution in [0.1, 0.15) is 23.6 Å². The van der Waals surface area contributed by atoms with E-state index < -0.39 is 5.60 Å². The molecular weight excluding hydrogens is 494 g/mol. The van der Waals surface area contributed by atoms with E-state index in [0.717, 1.165) is 5.56 Å². The highest BCUT2D eigenvalue weighted by Gasteiger charge is 2.42. The van der Waals surface area contributed by atoms with E-state index in [1.54, 1.807) is 52.7 Å². The fourth-order valence-corrected chi connectivity index (χ4v) is 4.47. The Kier molecular flexibility index (Phi) is 8.45. The van der Waals surface area contributed by atoms with E-state index in [1.165, 1.54) is 0 Å². The normalized spacial score (nSPS) is 17.5. The molecule has 9 nitrogen and oxygen atoms in total. The quantitative estimate of drug-likeness (QED) is 0.426. The van der Waals surface area contributed by atoms with Crippen LogP contribution in [0.2, 0.25) is 5.02 Å². The maximum Gasteiger partial charge on any atom is 0.244 e. The van der Waals surface area contributed by atoms with Crippen molar-refractivity contribution in [1.82, 2.24) is 24.6 Å². The van der Waals surface area contributed by atoms with Crippen LogP contribution in [-0.2, 0) is 27.4 Å². The molecule has 2 amide bonds. The predicted molar refractivity (Wildman–Crippen MR) is 139 cm³/mol. The number of hydrogen-bond donors (Lipinski definition) is 0. The van der Waals surface area contributed by atoms with Crippen molar-refractivity contribution >= 4 is 23.4 Å². The number of rotatable bonds is 9. The lowest BCUT2D eigenvalue weighted by Gasteiger charge is -2.42. The Morgan fingerprint density at radius 2 is 1.86 bits per heavy atom. The van der Waals surface area contributed by atoms with E-state index in [-0.39, 0.29) is 37.9 Å². The summed E-state index contributed by atoms with van der Waals surface area (Å²) in [6.07, 6.45) is 0.0646. The second-order valence-electron chi connectivity index (χ2n) is 9.37. The van der Waals surface area contributed by atoms with Crippen molar-refractivity contribution in [3.63, 3.8) is 0 Å². The summed E-state index contributed by atoms with van der Waals surface area (Å²) < 4.78 is 13.9. The van der Waals surface area contributed by atoms with Crippen molar-refractivity contribution in [3.05, 3.63) is 76.8 Å². The second kappa shape index (κ2) is 11.7. The Morgan fingerprint density at radius 1 is 1.14 bits per heavy atom. The maximum absolute atomic E-state index is 13.3. The van der Waals surface area contributed by atoms with Crippen molar-refractivity contribution in [2.45, 2.75) is 39.0 Å². The fraction of sp³-hybridized carbons (Fsp3) is 0.407. The number of nitrogens with zero attached hydrogens (tertiary/aromatic N) is 5. The van der Waals surface area contributed by atoms with Gasteiger partial charge in [-0.3, -0.25) is 9.59 Å². The lowest BCUT2D eigenvalue weighted by atomic mass is 9.96. The summed E-state index contributed by atoms with van der Waals surface area (Å²) >= 11 is 6.00. The molecule has 0 saturated carbocycles. The number of ether oxygens (including phenoxy) is 2. The topological polar surface area (TPSA) is 89.8 Å². The van der Waals surface area contributed by atoms with Crippen LogP contribution in [0.5, 0.6) is 5.75 Å². The number of hydrogen-bond acceptors (Lipinski definition) is 6. The first-order chi connectivity index (χ1) is 17.7. The summed E-state index contributed by atoms with van der Waals surface area (Å²) in [6.45, 7) is 5.19. The van der Waals surface area contributed by atoms with Gasteiger partial charge in [-0.1, -0.05) is 41.9 Å². The Morgan fingerprint density at radius 3 is 2.54 bits per heavy atom. The van der Waals surface area contributed by atoms with Gasteiger partial charge in [-0.05, 0) is 43.7 Å². The minimum absolute atomic E-state index is 0.0646. The number of aryl methyl sites for hydroxylation is 2. The van der Waals surface area contributed by atoms with Crippen molar-refractivity contribution in [1.29, 1.82) is 0 Å². The van der Waals surface area contributed by atoms with Crippen LogP contribution in [0.3, 0.4) is 0 Å². The summed E-state index contributed by atoms with van der Waals surface area (Å²) in [5, 5.41) is 4.91. The van der Waals surface area contributed by atoms with Gasteiger partial charge >= 0.3 is 0 Å². The lowest BCUT2D eigenvalue weighted by molar-refractivity contribution is -0.166. The van der Waals surface area contributed by atoms with E-state index in [2.05, 4.69) is 10.1 Å². The number of carbonyl (C=O) groups is 2. The molecule has 0 unspecified atom stereocenters. The van der Waals surface area contributed by atoms with E-state index in [1.807, 2.05) is 37.3 Å². The Bertz CT molecular complexity index is 1220. The molecule has 0 aliphatic carbocycles. The number of carbonyl (C=O) groups excluding carboxylic acids is 2. The summed E-state index contributed by atoms with van der Waals surface area (Å²) in [5.41, 5.74) is 0.0211. The minimum atomic E-state index is -1.01. The predicted octanol–water partition coefficient (Wildman–Crippen LogP) is 3.27. The molecule has 37 heavy (non-hydrogen) atoms. The summed E-state index contributed by atoms with van der Waals surface area (Å²) in [6, 6.07) is 16.8. The highest BCUT2D eigenvalue weighted by atomic mass is 35.5. The van der Waals surface area contributed by atoms with E-state index in [4.69, 9.17) is 21.1 Å². The third-order valence-corrected chi connectivity index (χ3v) is 6.58. The van der Waals surface area contributed by atoms with Crippen LogP contribution >= 0.6 is 11.6 Å². The van der Waals surface area contributed by atoms with Gasteiger partial charge in [-0.25, -0.2) is 9.67 Å². The van der Waals surface area contributed by atoms with Crippen LogP contribution in [0.15, 0.2) is 54.6 Å². The Labute approximate surface area is 221 Å². The molecule has 0 bridgehead atoms. The first-order valence-electron chi connectivity index (χ1n) is 12.2. The molecule has 1 aliphatic heterocycles. The van der Waals surface area contributed by atoms with Crippen LogP contribution in [0.4, 0.5) is 0 Å². The van der Waals surface area contributed by atoms with Gasteiger partial charge in [0.25, 0.3) is 0 Å². The fourth-order valence-electron chi connectivity index (χ4n) is 4.34. The average molecular weight is 526 g/mol. The van der Waals surface area contributed by atoms with Gasteiger partial charge in [0.1, 0.15) is 36.2 Å². The van der Waals surface area contributed by atoms with Crippen molar-refractivity contribution < 1.29 is 19.1 Å². The zero-order valence-corrected chi connectivity index (χ0v) is 22.1. The third kappa shape index (κ3) is 7.08. The molecule has 2 heterocycles. The lowest BCUT2D eigenvalue weighted by Crippen LogP contribution is -2.58. The smallest absolute Gasteiger partial charge is 0.244 e. The Balaban J connectivity index is 1.49. The van der Waals surface area contributed by atoms with Gasteiger partial charge in [0, 0.05) is 25.2 Å². The SMILES string of the molecule is Cc1nc(C)n(CC(=O)N2CCO[C@@](COc3ccc(Cl)cc3)(CC(=O)N(C)Cc3ccccc3)C2)n1. The first kappa shape index (κ1) is 26.6. The highest BCUT2D eigenvalue weighted by molar-refractivity contribution is 6.30. The molecule has 3 aromatic rings. The van der Waals surface area contributed by atoms with Crippen LogP contribution in [0, 0.1) is 13.8 Å². The van der Waals surface area contributed by atoms with Gasteiger partial charge in [0.15, 0.2) is 0 Å².